The molecule has 158 valence electrons. The Labute approximate surface area is 179 Å². The van der Waals surface area contributed by atoms with E-state index in [0.717, 1.165) is 30.1 Å². The van der Waals surface area contributed by atoms with Crippen molar-refractivity contribution in [1.29, 1.82) is 0 Å². The van der Waals surface area contributed by atoms with Crippen molar-refractivity contribution in [3.05, 3.63) is 35.0 Å². The van der Waals surface area contributed by atoms with E-state index in [4.69, 9.17) is 38.8 Å². The van der Waals surface area contributed by atoms with E-state index in [2.05, 4.69) is 14.8 Å². The zero-order valence-electron chi connectivity index (χ0n) is 16.1. The van der Waals surface area contributed by atoms with Crippen LogP contribution in [0.15, 0.2) is 24.4 Å². The number of aliphatic carboxylic acids is 2. The number of halogens is 1. The van der Waals surface area contributed by atoms with Gasteiger partial charge in [0.15, 0.2) is 0 Å². The van der Waals surface area contributed by atoms with Gasteiger partial charge in [0.2, 0.25) is 5.88 Å². The molecule has 0 aliphatic carbocycles. The average molecular weight is 442 g/mol. The fourth-order valence-corrected chi connectivity index (χ4v) is 3.47. The number of carboxylic acid groups (broad SMARTS) is 2. The molecule has 0 bridgehead atoms. The lowest BCUT2D eigenvalue weighted by Gasteiger charge is -2.23. The van der Waals surface area contributed by atoms with Crippen LogP contribution in [0, 0.1) is 0 Å². The summed E-state index contributed by atoms with van der Waals surface area (Å²) in [4.78, 5) is 28.7. The second kappa shape index (κ2) is 11.1. The predicted molar refractivity (Wildman–Crippen MR) is 113 cm³/mol. The van der Waals surface area contributed by atoms with Crippen molar-refractivity contribution in [3.63, 3.8) is 0 Å². The third-order valence-electron chi connectivity index (χ3n) is 4.49. The van der Waals surface area contributed by atoms with Gasteiger partial charge in [-0.15, -0.1) is 0 Å². The number of carbonyl (C=O) groups is 2. The van der Waals surface area contributed by atoms with Crippen LogP contribution in [0.2, 0.25) is 5.02 Å². The lowest BCUT2D eigenvalue weighted by Crippen LogP contribution is -2.36. The lowest BCUT2D eigenvalue weighted by molar-refractivity contribution is -0.134. The number of fused-ring (bicyclic) bond motifs is 1. The lowest BCUT2D eigenvalue weighted by atomic mass is 10.2. The Morgan fingerprint density at radius 1 is 1.31 bits per heavy atom. The molecule has 1 fully saturated rings. The Hall–Kier alpha value is -2.23. The third-order valence-corrected chi connectivity index (χ3v) is 5.22. The molecule has 0 saturated carbocycles. The van der Waals surface area contributed by atoms with Gasteiger partial charge in [0.1, 0.15) is 11.1 Å². The zero-order chi connectivity index (χ0) is 21.4. The molecule has 1 aromatic heterocycles. The summed E-state index contributed by atoms with van der Waals surface area (Å²) in [6.07, 6.45) is 6.48. The Balaban J connectivity index is 0.000000321. The van der Waals surface area contributed by atoms with Gasteiger partial charge in [-0.2, -0.15) is 0 Å². The molecular weight excluding hydrogens is 418 g/mol. The standard InChI is InChI=1S/C15H20ClN3OS.C4H4O4/c1-18-10-12(4-7-19-5-2-3-6-19)20-14-13(15(18)21)8-11(16)9-17-14;5-3(6)1-2-4(7)8/h8-9,12H,2-7,10H2,1H3;1-2H,(H,5,6)(H,7,8)/b;2-1+. The second-order valence-corrected chi connectivity index (χ2v) is 7.60. The summed E-state index contributed by atoms with van der Waals surface area (Å²) >= 11 is 11.5. The van der Waals surface area contributed by atoms with Gasteiger partial charge in [-0.25, -0.2) is 14.6 Å². The van der Waals surface area contributed by atoms with E-state index in [9.17, 15) is 9.59 Å². The van der Waals surface area contributed by atoms with Crippen molar-refractivity contribution < 1.29 is 24.5 Å². The first-order valence-electron chi connectivity index (χ1n) is 9.20. The molecule has 10 heteroatoms. The SMILES string of the molecule is CN1CC(CCN2CCCC2)Oc2ncc(Cl)cc2C1=S.O=C(O)/C=C/C(=O)O. The van der Waals surface area contributed by atoms with Gasteiger partial charge in [-0.1, -0.05) is 23.8 Å². The summed E-state index contributed by atoms with van der Waals surface area (Å²) < 4.78 is 6.09. The maximum Gasteiger partial charge on any atom is 0.328 e. The van der Waals surface area contributed by atoms with Crippen LogP contribution in [-0.2, 0) is 9.59 Å². The minimum atomic E-state index is -1.26. The van der Waals surface area contributed by atoms with Crippen LogP contribution in [0.1, 0.15) is 24.8 Å². The first kappa shape index (κ1) is 23.1. The van der Waals surface area contributed by atoms with E-state index in [1.54, 1.807) is 6.20 Å². The van der Waals surface area contributed by atoms with Crippen LogP contribution in [0.3, 0.4) is 0 Å². The number of thiocarbonyl (C=S) groups is 1. The molecule has 1 aromatic rings. The highest BCUT2D eigenvalue weighted by Crippen LogP contribution is 2.26. The number of pyridine rings is 1. The van der Waals surface area contributed by atoms with Gasteiger partial charge in [0, 0.05) is 31.9 Å². The average Bonchev–Trinajstić information content (AvgIpc) is 3.15. The van der Waals surface area contributed by atoms with Crippen LogP contribution < -0.4 is 4.74 Å². The molecule has 2 aliphatic rings. The van der Waals surface area contributed by atoms with Gasteiger partial charge in [0.25, 0.3) is 0 Å². The Bertz CT molecular complexity index is 767. The summed E-state index contributed by atoms with van der Waals surface area (Å²) in [5.41, 5.74) is 0.823. The summed E-state index contributed by atoms with van der Waals surface area (Å²) in [6, 6.07) is 1.84. The van der Waals surface area contributed by atoms with E-state index in [-0.39, 0.29) is 6.10 Å². The number of aromatic nitrogens is 1. The number of rotatable bonds is 5. The van der Waals surface area contributed by atoms with E-state index in [1.165, 1.54) is 25.9 Å². The molecule has 0 spiro atoms. The summed E-state index contributed by atoms with van der Waals surface area (Å²) in [5, 5.41) is 16.2. The summed E-state index contributed by atoms with van der Waals surface area (Å²) in [6.45, 7) is 4.30. The quantitative estimate of drug-likeness (QED) is 0.526. The molecule has 3 heterocycles. The Morgan fingerprint density at radius 2 is 1.93 bits per heavy atom. The number of likely N-dealkylation sites (tertiary alicyclic amines) is 1. The molecule has 2 N–H and O–H groups in total. The zero-order valence-corrected chi connectivity index (χ0v) is 17.7. The minimum Gasteiger partial charge on any atom is -0.478 e. The molecule has 1 saturated heterocycles. The largest absolute Gasteiger partial charge is 0.478 e. The molecule has 2 aliphatic heterocycles. The van der Waals surface area contributed by atoms with Crippen molar-refractivity contribution in [3.8, 4) is 5.88 Å². The number of hydrogen-bond acceptors (Lipinski definition) is 6. The van der Waals surface area contributed by atoms with Gasteiger partial charge in [-0.05, 0) is 38.4 Å². The molecule has 1 unspecified atom stereocenters. The van der Waals surface area contributed by atoms with Crippen LogP contribution in [0.4, 0.5) is 0 Å². The third kappa shape index (κ3) is 7.60. The summed E-state index contributed by atoms with van der Waals surface area (Å²) in [7, 11) is 2.00. The van der Waals surface area contributed by atoms with Crippen molar-refractivity contribution in [2.75, 3.05) is 33.2 Å². The molecule has 0 amide bonds. The van der Waals surface area contributed by atoms with Gasteiger partial charge >= 0.3 is 11.9 Å². The van der Waals surface area contributed by atoms with E-state index in [1.807, 2.05) is 13.1 Å². The fourth-order valence-electron chi connectivity index (χ4n) is 3.09. The molecule has 3 rings (SSSR count). The first-order valence-corrected chi connectivity index (χ1v) is 9.99. The maximum atomic E-state index is 9.55. The van der Waals surface area contributed by atoms with E-state index < -0.39 is 11.9 Å². The van der Waals surface area contributed by atoms with Crippen molar-refractivity contribution in [2.45, 2.75) is 25.4 Å². The maximum absolute atomic E-state index is 9.55. The molecule has 29 heavy (non-hydrogen) atoms. The highest BCUT2D eigenvalue weighted by Gasteiger charge is 2.26. The molecule has 1 atom stereocenters. The van der Waals surface area contributed by atoms with Gasteiger partial charge < -0.3 is 24.7 Å². The molecule has 0 aromatic carbocycles. The van der Waals surface area contributed by atoms with E-state index in [0.29, 0.717) is 23.1 Å². The van der Waals surface area contributed by atoms with Crippen molar-refractivity contribution in [1.82, 2.24) is 14.8 Å². The number of nitrogens with zero attached hydrogens (tertiary/aromatic N) is 3. The Morgan fingerprint density at radius 3 is 2.52 bits per heavy atom. The van der Waals surface area contributed by atoms with Gasteiger partial charge in [0.05, 0.1) is 17.1 Å². The second-order valence-electron chi connectivity index (χ2n) is 6.78. The fraction of sp³-hybridized carbons (Fsp3) is 0.474. The van der Waals surface area contributed by atoms with Gasteiger partial charge in [-0.3, -0.25) is 0 Å². The van der Waals surface area contributed by atoms with E-state index >= 15 is 0 Å². The van der Waals surface area contributed by atoms with Crippen molar-refractivity contribution >= 4 is 40.7 Å². The molecule has 0 radical (unpaired) electrons. The predicted octanol–water partition coefficient (Wildman–Crippen LogP) is 2.30. The highest BCUT2D eigenvalue weighted by molar-refractivity contribution is 7.80. The minimum absolute atomic E-state index is 0.114. The number of carboxylic acids is 2. The smallest absolute Gasteiger partial charge is 0.328 e. The van der Waals surface area contributed by atoms with Crippen LogP contribution in [-0.4, -0.2) is 81.3 Å². The molecule has 8 nitrogen and oxygen atoms in total. The highest BCUT2D eigenvalue weighted by atomic mass is 35.5. The Kier molecular flexibility index (Phi) is 8.81. The summed E-state index contributed by atoms with van der Waals surface area (Å²) in [5.74, 6) is -1.90. The number of likely N-dealkylation sites (N-methyl/N-ethyl adjacent to an activating group) is 1. The van der Waals surface area contributed by atoms with Crippen LogP contribution >= 0.6 is 23.8 Å². The molecular formula is C19H24ClN3O5S. The number of hydrogen-bond donors (Lipinski definition) is 2. The number of ether oxygens (including phenoxy) is 1. The van der Waals surface area contributed by atoms with Crippen LogP contribution in [0.5, 0.6) is 5.88 Å². The van der Waals surface area contributed by atoms with Crippen LogP contribution in [0.25, 0.3) is 0 Å². The van der Waals surface area contributed by atoms with Crippen molar-refractivity contribution in [2.24, 2.45) is 0 Å². The topological polar surface area (TPSA) is 103 Å². The normalized spacial score (nSPS) is 19.2. The monoisotopic (exact) mass is 441 g/mol. The first-order chi connectivity index (χ1) is 13.8.